The summed E-state index contributed by atoms with van der Waals surface area (Å²) in [4.78, 5) is 6.32. The Bertz CT molecular complexity index is 761. The Kier molecular flexibility index (Phi) is 3.23. The smallest absolute Gasteiger partial charge is 0.279 e. The number of nitrogens with zero attached hydrogens (tertiary/aromatic N) is 2. The third-order valence-electron chi connectivity index (χ3n) is 2.34. The van der Waals surface area contributed by atoms with Crippen molar-refractivity contribution in [3.05, 3.63) is 41.6 Å². The molecule has 0 saturated carbocycles. The van der Waals surface area contributed by atoms with E-state index in [1.165, 1.54) is 12.1 Å². The number of halogens is 1. The Balaban J connectivity index is 2.42. The van der Waals surface area contributed by atoms with Crippen molar-refractivity contribution in [2.45, 2.75) is 11.9 Å². The lowest BCUT2D eigenvalue weighted by Crippen LogP contribution is -2.14. The van der Waals surface area contributed by atoms with Crippen molar-refractivity contribution in [3.8, 4) is 6.07 Å². The number of anilines is 1. The molecule has 0 amide bonds. The van der Waals surface area contributed by atoms with Crippen molar-refractivity contribution in [2.75, 3.05) is 4.72 Å². The largest absolute Gasteiger partial charge is 0.332 e. The molecule has 0 aliphatic carbocycles. The standard InChI is InChI=1S/C11H9FN4O2S/c1-7-14-6-11(15-7)19(17,18)16-10-4-2-3-9(12)8(10)5-13/h2-4,6,16H,1H3,(H,14,15). The van der Waals surface area contributed by atoms with Gasteiger partial charge < -0.3 is 4.98 Å². The second-order valence-electron chi connectivity index (χ2n) is 3.71. The van der Waals surface area contributed by atoms with Crippen molar-refractivity contribution in [1.82, 2.24) is 9.97 Å². The van der Waals surface area contributed by atoms with Crippen LogP contribution in [0.25, 0.3) is 0 Å². The number of imidazole rings is 1. The molecule has 0 unspecified atom stereocenters. The van der Waals surface area contributed by atoms with E-state index in [2.05, 4.69) is 14.7 Å². The van der Waals surface area contributed by atoms with E-state index in [9.17, 15) is 12.8 Å². The molecule has 2 aromatic rings. The molecule has 0 atom stereocenters. The van der Waals surface area contributed by atoms with Crippen LogP contribution in [0.3, 0.4) is 0 Å². The van der Waals surface area contributed by atoms with E-state index >= 15 is 0 Å². The van der Waals surface area contributed by atoms with E-state index in [1.807, 2.05) is 0 Å². The van der Waals surface area contributed by atoms with Crippen LogP contribution in [-0.2, 0) is 10.0 Å². The van der Waals surface area contributed by atoms with Crippen molar-refractivity contribution < 1.29 is 12.8 Å². The summed E-state index contributed by atoms with van der Waals surface area (Å²) in [5, 5.41) is 8.67. The van der Waals surface area contributed by atoms with Gasteiger partial charge in [-0.2, -0.15) is 13.7 Å². The molecule has 1 heterocycles. The lowest BCUT2D eigenvalue weighted by atomic mass is 10.2. The molecule has 0 radical (unpaired) electrons. The van der Waals surface area contributed by atoms with Gasteiger partial charge in [0.05, 0.1) is 11.9 Å². The SMILES string of the molecule is Cc1ncc(S(=O)(=O)Nc2cccc(F)c2C#N)[nH]1. The summed E-state index contributed by atoms with van der Waals surface area (Å²) >= 11 is 0. The molecule has 0 aliphatic heterocycles. The van der Waals surface area contributed by atoms with Gasteiger partial charge in [-0.1, -0.05) is 6.07 Å². The molecular weight excluding hydrogens is 271 g/mol. The highest BCUT2D eigenvalue weighted by Crippen LogP contribution is 2.21. The Morgan fingerprint density at radius 2 is 2.21 bits per heavy atom. The normalized spacial score (nSPS) is 11.0. The molecule has 98 valence electrons. The lowest BCUT2D eigenvalue weighted by Gasteiger charge is -2.08. The summed E-state index contributed by atoms with van der Waals surface area (Å²) < 4.78 is 39.5. The molecule has 1 aromatic heterocycles. The summed E-state index contributed by atoms with van der Waals surface area (Å²) in [6, 6.07) is 5.32. The molecule has 0 spiro atoms. The number of nitrogens with one attached hydrogen (secondary N) is 2. The van der Waals surface area contributed by atoms with Gasteiger partial charge in [0, 0.05) is 0 Å². The van der Waals surface area contributed by atoms with Crippen LogP contribution in [0, 0.1) is 24.1 Å². The first-order valence-electron chi connectivity index (χ1n) is 5.17. The molecular formula is C11H9FN4O2S. The Labute approximate surface area is 109 Å². The van der Waals surface area contributed by atoms with Gasteiger partial charge in [0.2, 0.25) is 0 Å². The van der Waals surface area contributed by atoms with Gasteiger partial charge in [-0.3, -0.25) is 4.72 Å². The van der Waals surface area contributed by atoms with E-state index in [0.29, 0.717) is 5.82 Å². The molecule has 0 fully saturated rings. The van der Waals surface area contributed by atoms with E-state index < -0.39 is 15.8 Å². The number of benzene rings is 1. The summed E-state index contributed by atoms with van der Waals surface area (Å²) in [5.41, 5.74) is -0.475. The van der Waals surface area contributed by atoms with Crippen LogP contribution in [0.15, 0.2) is 29.4 Å². The number of aromatic nitrogens is 2. The number of aryl methyl sites for hydroxylation is 1. The number of H-pyrrole nitrogens is 1. The van der Waals surface area contributed by atoms with E-state index in [4.69, 9.17) is 5.26 Å². The number of aromatic amines is 1. The minimum absolute atomic E-state index is 0.116. The highest BCUT2D eigenvalue weighted by Gasteiger charge is 2.19. The second kappa shape index (κ2) is 4.70. The van der Waals surface area contributed by atoms with Crippen LogP contribution in [0.5, 0.6) is 0 Å². The predicted octanol–water partition coefficient (Wildman–Crippen LogP) is 1.53. The number of hydrogen-bond acceptors (Lipinski definition) is 4. The molecule has 2 rings (SSSR count). The van der Waals surface area contributed by atoms with Crippen LogP contribution in [0.4, 0.5) is 10.1 Å². The highest BCUT2D eigenvalue weighted by atomic mass is 32.2. The molecule has 0 bridgehead atoms. The van der Waals surface area contributed by atoms with Gasteiger partial charge in [-0.25, -0.2) is 9.37 Å². The number of rotatable bonds is 3. The first kappa shape index (κ1) is 13.0. The van der Waals surface area contributed by atoms with Gasteiger partial charge in [-0.05, 0) is 19.1 Å². The average molecular weight is 280 g/mol. The first-order chi connectivity index (χ1) is 8.94. The Morgan fingerprint density at radius 3 is 2.79 bits per heavy atom. The van der Waals surface area contributed by atoms with Crippen molar-refractivity contribution in [2.24, 2.45) is 0 Å². The zero-order valence-electron chi connectivity index (χ0n) is 9.81. The third-order valence-corrected chi connectivity index (χ3v) is 3.61. The summed E-state index contributed by atoms with van der Waals surface area (Å²) in [5.74, 6) is -0.358. The van der Waals surface area contributed by atoms with Gasteiger partial charge >= 0.3 is 0 Å². The Hall–Kier alpha value is -2.40. The minimum atomic E-state index is -3.93. The van der Waals surface area contributed by atoms with Gasteiger partial charge in [0.15, 0.2) is 5.03 Å². The van der Waals surface area contributed by atoms with Crippen LogP contribution in [0.2, 0.25) is 0 Å². The molecule has 6 nitrogen and oxygen atoms in total. The van der Waals surface area contributed by atoms with E-state index in [0.717, 1.165) is 12.3 Å². The fraction of sp³-hybridized carbons (Fsp3) is 0.0909. The lowest BCUT2D eigenvalue weighted by molar-refractivity contribution is 0.598. The summed E-state index contributed by atoms with van der Waals surface area (Å²) in [7, 11) is -3.93. The molecule has 0 saturated heterocycles. The number of nitriles is 1. The maximum absolute atomic E-state index is 13.4. The van der Waals surface area contributed by atoms with Crippen molar-refractivity contribution in [3.63, 3.8) is 0 Å². The van der Waals surface area contributed by atoms with Gasteiger partial charge in [0.1, 0.15) is 23.3 Å². The van der Waals surface area contributed by atoms with Crippen LogP contribution in [-0.4, -0.2) is 18.4 Å². The second-order valence-corrected chi connectivity index (χ2v) is 5.36. The fourth-order valence-corrected chi connectivity index (χ4v) is 2.50. The zero-order chi connectivity index (χ0) is 14.0. The number of hydrogen-bond donors (Lipinski definition) is 2. The summed E-state index contributed by atoms with van der Waals surface area (Å²) in [6.45, 7) is 1.60. The highest BCUT2D eigenvalue weighted by molar-refractivity contribution is 7.92. The van der Waals surface area contributed by atoms with Gasteiger partial charge in [0.25, 0.3) is 10.0 Å². The first-order valence-corrected chi connectivity index (χ1v) is 6.65. The maximum atomic E-state index is 13.4. The Morgan fingerprint density at radius 1 is 1.47 bits per heavy atom. The van der Waals surface area contributed by atoms with E-state index in [-0.39, 0.29) is 16.3 Å². The molecule has 0 aliphatic rings. The fourth-order valence-electron chi connectivity index (χ4n) is 1.46. The monoisotopic (exact) mass is 280 g/mol. The topological polar surface area (TPSA) is 98.6 Å². The average Bonchev–Trinajstić information content (AvgIpc) is 2.76. The minimum Gasteiger partial charge on any atom is -0.332 e. The van der Waals surface area contributed by atoms with Crippen molar-refractivity contribution in [1.29, 1.82) is 5.26 Å². The molecule has 2 N–H and O–H groups in total. The maximum Gasteiger partial charge on any atom is 0.279 e. The predicted molar refractivity (Wildman–Crippen MR) is 65.2 cm³/mol. The van der Waals surface area contributed by atoms with Crippen LogP contribution < -0.4 is 4.72 Å². The molecule has 8 heteroatoms. The summed E-state index contributed by atoms with van der Waals surface area (Å²) in [6.07, 6.45) is 1.14. The van der Waals surface area contributed by atoms with Gasteiger partial charge in [-0.15, -0.1) is 0 Å². The van der Waals surface area contributed by atoms with Crippen LogP contribution >= 0.6 is 0 Å². The number of sulfonamides is 1. The third kappa shape index (κ3) is 2.56. The molecule has 1 aromatic carbocycles. The quantitative estimate of drug-likeness (QED) is 0.890. The zero-order valence-corrected chi connectivity index (χ0v) is 10.6. The van der Waals surface area contributed by atoms with Crippen molar-refractivity contribution >= 4 is 15.7 Å². The molecule has 19 heavy (non-hydrogen) atoms. The van der Waals surface area contributed by atoms with E-state index in [1.54, 1.807) is 13.0 Å². The van der Waals surface area contributed by atoms with Crippen LogP contribution in [0.1, 0.15) is 11.4 Å².